The average molecular weight is 195 g/mol. The van der Waals surface area contributed by atoms with Crippen molar-refractivity contribution in [2.24, 2.45) is 10.6 Å². The highest BCUT2D eigenvalue weighted by Gasteiger charge is 2.29. The van der Waals surface area contributed by atoms with Crippen LogP contribution >= 0.6 is 11.8 Å². The van der Waals surface area contributed by atoms with E-state index in [0.29, 0.717) is 0 Å². The lowest BCUT2D eigenvalue weighted by molar-refractivity contribution is 0.158. The molecular formula is C10H13NOS. The number of hydrogen-bond acceptors (Lipinski definition) is 3. The summed E-state index contributed by atoms with van der Waals surface area (Å²) in [6, 6.07) is 0. The van der Waals surface area contributed by atoms with Crippen molar-refractivity contribution in [3.05, 3.63) is 22.3 Å². The van der Waals surface area contributed by atoms with Crippen molar-refractivity contribution in [2.45, 2.75) is 20.8 Å². The molecule has 2 nitrogen and oxygen atoms in total. The van der Waals surface area contributed by atoms with Gasteiger partial charge in [0.05, 0.1) is 11.1 Å². The summed E-state index contributed by atoms with van der Waals surface area (Å²) < 4.78 is 0. The molecule has 0 aromatic heterocycles. The fraction of sp³-hybridized carbons (Fsp3) is 0.500. The van der Waals surface area contributed by atoms with E-state index in [1.165, 1.54) is 10.5 Å². The first kappa shape index (κ1) is 8.88. The molecule has 13 heavy (non-hydrogen) atoms. The van der Waals surface area contributed by atoms with Crippen LogP contribution in [0.15, 0.2) is 27.5 Å². The maximum Gasteiger partial charge on any atom is 0.154 e. The van der Waals surface area contributed by atoms with Crippen LogP contribution in [0, 0.1) is 5.41 Å². The molecule has 70 valence electrons. The summed E-state index contributed by atoms with van der Waals surface area (Å²) in [5, 5.41) is 3.90. The van der Waals surface area contributed by atoms with Crippen molar-refractivity contribution < 1.29 is 4.84 Å². The van der Waals surface area contributed by atoms with Crippen molar-refractivity contribution in [1.82, 2.24) is 0 Å². The van der Waals surface area contributed by atoms with E-state index in [9.17, 15) is 0 Å². The van der Waals surface area contributed by atoms with Crippen LogP contribution in [-0.2, 0) is 4.84 Å². The van der Waals surface area contributed by atoms with Crippen LogP contribution in [-0.4, -0.2) is 12.0 Å². The zero-order chi connectivity index (χ0) is 9.47. The molecule has 0 aromatic rings. The number of thioether (sulfide) groups is 1. The molecule has 2 aliphatic rings. The summed E-state index contributed by atoms with van der Waals surface area (Å²) in [5.74, 6) is 2.04. The summed E-state index contributed by atoms with van der Waals surface area (Å²) in [6.45, 7) is 6.44. The number of fused-ring (bicyclic) bond motifs is 1. The van der Waals surface area contributed by atoms with E-state index < -0.39 is 0 Å². The zero-order valence-corrected chi connectivity index (χ0v) is 8.94. The second-order valence-corrected chi connectivity index (χ2v) is 5.23. The highest BCUT2D eigenvalue weighted by molar-refractivity contribution is 8.03. The molecule has 0 fully saturated rings. The maximum atomic E-state index is 5.34. The first-order chi connectivity index (χ1) is 6.09. The third kappa shape index (κ3) is 1.53. The minimum absolute atomic E-state index is 0.0452. The Morgan fingerprint density at radius 2 is 2.23 bits per heavy atom. The van der Waals surface area contributed by atoms with Crippen LogP contribution in [0.5, 0.6) is 0 Å². The van der Waals surface area contributed by atoms with Gasteiger partial charge in [-0.25, -0.2) is 0 Å². The molecule has 0 aliphatic carbocycles. The van der Waals surface area contributed by atoms with Crippen molar-refractivity contribution in [3.63, 3.8) is 0 Å². The highest BCUT2D eigenvalue weighted by atomic mass is 32.2. The molecular weight excluding hydrogens is 182 g/mol. The lowest BCUT2D eigenvalue weighted by atomic mass is 9.92. The predicted octanol–water partition coefficient (Wildman–Crippen LogP) is 2.93. The van der Waals surface area contributed by atoms with Crippen LogP contribution in [0.2, 0.25) is 0 Å². The van der Waals surface area contributed by atoms with Gasteiger partial charge in [-0.2, -0.15) is 0 Å². The molecule has 0 aromatic carbocycles. The summed E-state index contributed by atoms with van der Waals surface area (Å²) in [6.07, 6.45) is 3.99. The van der Waals surface area contributed by atoms with Gasteiger partial charge in [0.1, 0.15) is 0 Å². The highest BCUT2D eigenvalue weighted by Crippen LogP contribution is 2.42. The normalized spacial score (nSPS) is 21.3. The van der Waals surface area contributed by atoms with Crippen LogP contribution in [0.25, 0.3) is 0 Å². The monoisotopic (exact) mass is 195 g/mol. The standard InChI is InChI=1S/C10H13NOS/c1-10(2,3)9-8-7(4-5-13-8)6-11-12-9/h4,6H,5H2,1-3H3. The largest absolute Gasteiger partial charge is 0.360 e. The lowest BCUT2D eigenvalue weighted by Crippen LogP contribution is -2.15. The van der Waals surface area contributed by atoms with Crippen molar-refractivity contribution in [3.8, 4) is 0 Å². The van der Waals surface area contributed by atoms with Gasteiger partial charge in [0.25, 0.3) is 0 Å². The van der Waals surface area contributed by atoms with Gasteiger partial charge in [-0.05, 0) is 0 Å². The molecule has 0 bridgehead atoms. The van der Waals surface area contributed by atoms with E-state index in [2.05, 4.69) is 32.0 Å². The van der Waals surface area contributed by atoms with Crippen LogP contribution in [0.4, 0.5) is 0 Å². The zero-order valence-electron chi connectivity index (χ0n) is 8.13. The van der Waals surface area contributed by atoms with E-state index in [0.717, 1.165) is 11.5 Å². The first-order valence-electron chi connectivity index (χ1n) is 4.37. The molecule has 0 N–H and O–H groups in total. The number of hydrogen-bond donors (Lipinski definition) is 0. The molecule has 0 radical (unpaired) electrons. The molecule has 0 unspecified atom stereocenters. The smallest absolute Gasteiger partial charge is 0.154 e. The number of oxime groups is 1. The molecule has 0 atom stereocenters. The van der Waals surface area contributed by atoms with E-state index in [1.807, 2.05) is 11.8 Å². The molecule has 3 heteroatoms. The Morgan fingerprint density at radius 1 is 1.46 bits per heavy atom. The van der Waals surface area contributed by atoms with E-state index in [4.69, 9.17) is 4.84 Å². The van der Waals surface area contributed by atoms with E-state index in [1.54, 1.807) is 6.21 Å². The molecule has 2 aliphatic heterocycles. The van der Waals surface area contributed by atoms with Gasteiger partial charge in [-0.3, -0.25) is 0 Å². The maximum absolute atomic E-state index is 5.34. The third-order valence-electron chi connectivity index (χ3n) is 2.02. The number of allylic oxidation sites excluding steroid dienone is 2. The Bertz CT molecular complexity index is 320. The Kier molecular flexibility index (Phi) is 1.99. The summed E-state index contributed by atoms with van der Waals surface area (Å²) in [4.78, 5) is 6.61. The van der Waals surface area contributed by atoms with Crippen LogP contribution < -0.4 is 0 Å². The van der Waals surface area contributed by atoms with Gasteiger partial charge in [0.2, 0.25) is 0 Å². The molecule has 2 heterocycles. The summed E-state index contributed by atoms with van der Waals surface area (Å²) in [5.41, 5.74) is 1.27. The lowest BCUT2D eigenvalue weighted by Gasteiger charge is -2.24. The van der Waals surface area contributed by atoms with E-state index in [-0.39, 0.29) is 5.41 Å². The Morgan fingerprint density at radius 3 is 2.92 bits per heavy atom. The fourth-order valence-electron chi connectivity index (χ4n) is 1.35. The quantitative estimate of drug-likeness (QED) is 0.592. The Balaban J connectivity index is 2.43. The number of rotatable bonds is 0. The average Bonchev–Trinajstić information content (AvgIpc) is 2.48. The summed E-state index contributed by atoms with van der Waals surface area (Å²) in [7, 11) is 0. The molecule has 0 saturated carbocycles. The second kappa shape index (κ2) is 2.91. The Hall–Kier alpha value is -0.700. The van der Waals surface area contributed by atoms with Gasteiger partial charge >= 0.3 is 0 Å². The SMILES string of the molecule is CC(C)(C)C1=C2SCC=C2C=NO1. The molecule has 2 rings (SSSR count). The van der Waals surface area contributed by atoms with Crippen molar-refractivity contribution >= 4 is 18.0 Å². The fourth-order valence-corrected chi connectivity index (χ4v) is 2.56. The minimum atomic E-state index is 0.0452. The third-order valence-corrected chi connectivity index (χ3v) is 3.06. The Labute approximate surface area is 82.7 Å². The predicted molar refractivity (Wildman–Crippen MR) is 56.6 cm³/mol. The summed E-state index contributed by atoms with van der Waals surface area (Å²) >= 11 is 1.83. The van der Waals surface area contributed by atoms with Gasteiger partial charge < -0.3 is 4.84 Å². The molecule has 0 spiro atoms. The minimum Gasteiger partial charge on any atom is -0.360 e. The van der Waals surface area contributed by atoms with Crippen molar-refractivity contribution in [1.29, 1.82) is 0 Å². The van der Waals surface area contributed by atoms with E-state index >= 15 is 0 Å². The molecule has 0 amide bonds. The van der Waals surface area contributed by atoms with Gasteiger partial charge in [-0.15, -0.1) is 11.8 Å². The van der Waals surface area contributed by atoms with Crippen LogP contribution in [0.1, 0.15) is 20.8 Å². The first-order valence-corrected chi connectivity index (χ1v) is 5.36. The second-order valence-electron chi connectivity index (χ2n) is 4.20. The van der Waals surface area contributed by atoms with Crippen LogP contribution in [0.3, 0.4) is 0 Å². The van der Waals surface area contributed by atoms with Gasteiger partial charge in [0, 0.05) is 16.7 Å². The molecule has 0 saturated heterocycles. The number of nitrogens with zero attached hydrogens (tertiary/aromatic N) is 1. The van der Waals surface area contributed by atoms with Crippen molar-refractivity contribution in [2.75, 3.05) is 5.75 Å². The topological polar surface area (TPSA) is 21.6 Å². The van der Waals surface area contributed by atoms with Gasteiger partial charge in [0.15, 0.2) is 5.76 Å². The van der Waals surface area contributed by atoms with Gasteiger partial charge in [-0.1, -0.05) is 32.0 Å².